The molecule has 6 heteroatoms. The molecule has 16 heavy (non-hydrogen) atoms. The Morgan fingerprint density at radius 3 is 2.62 bits per heavy atom. The maximum absolute atomic E-state index is 5.55. The number of ether oxygens (including phenoxy) is 2. The molecule has 0 radical (unpaired) electrons. The highest BCUT2D eigenvalue weighted by molar-refractivity contribution is 7.13. The Kier molecular flexibility index (Phi) is 3.33. The molecule has 0 aliphatic rings. The molecule has 0 saturated heterocycles. The minimum Gasteiger partial charge on any atom is -0.493 e. The molecule has 0 amide bonds. The minimum absolute atomic E-state index is 0.368. The Bertz CT molecular complexity index is 473. The molecule has 5 nitrogen and oxygen atoms in total. The summed E-state index contributed by atoms with van der Waals surface area (Å²) >= 11 is 1.32. The van der Waals surface area contributed by atoms with Gasteiger partial charge in [0.25, 0.3) is 5.19 Å². The molecule has 1 aromatic heterocycles. The average Bonchev–Trinajstić information content (AvgIpc) is 2.77. The average molecular weight is 237 g/mol. The van der Waals surface area contributed by atoms with Gasteiger partial charge in [0.05, 0.1) is 7.11 Å². The van der Waals surface area contributed by atoms with Crippen LogP contribution < -0.4 is 15.2 Å². The zero-order valence-electron chi connectivity index (χ0n) is 8.71. The number of nitrogens with two attached hydrogens (primary N) is 1. The van der Waals surface area contributed by atoms with Gasteiger partial charge in [-0.15, -0.1) is 5.10 Å². The van der Waals surface area contributed by atoms with Crippen LogP contribution >= 0.6 is 11.3 Å². The van der Waals surface area contributed by atoms with Crippen LogP contribution in [0.25, 0.3) is 0 Å². The topological polar surface area (TPSA) is 70.3 Å². The van der Waals surface area contributed by atoms with Crippen molar-refractivity contribution in [1.29, 1.82) is 0 Å². The van der Waals surface area contributed by atoms with Gasteiger partial charge in [0.2, 0.25) is 0 Å². The van der Waals surface area contributed by atoms with Gasteiger partial charge in [-0.1, -0.05) is 28.6 Å². The number of methoxy groups -OCH3 is 1. The first-order valence-electron chi connectivity index (χ1n) is 4.67. The van der Waals surface area contributed by atoms with E-state index < -0.39 is 0 Å². The Hall–Kier alpha value is -1.66. The third-order valence-corrected chi connectivity index (χ3v) is 2.71. The molecule has 2 rings (SSSR count). The zero-order chi connectivity index (χ0) is 11.4. The Balaban J connectivity index is 2.19. The molecule has 1 aromatic carbocycles. The summed E-state index contributed by atoms with van der Waals surface area (Å²) in [7, 11) is 1.59. The Morgan fingerprint density at radius 2 is 2.00 bits per heavy atom. The summed E-state index contributed by atoms with van der Waals surface area (Å²) < 4.78 is 10.7. The highest BCUT2D eigenvalue weighted by Gasteiger charge is 2.08. The molecule has 84 valence electrons. The minimum atomic E-state index is 0.368. The predicted molar refractivity (Wildman–Crippen MR) is 60.9 cm³/mol. The summed E-state index contributed by atoms with van der Waals surface area (Å²) in [6.07, 6.45) is 0. The molecule has 0 atom stereocenters. The van der Waals surface area contributed by atoms with Crippen molar-refractivity contribution < 1.29 is 9.47 Å². The molecule has 0 saturated carbocycles. The van der Waals surface area contributed by atoms with Gasteiger partial charge in [-0.05, 0) is 12.1 Å². The number of hydrogen-bond acceptors (Lipinski definition) is 6. The van der Waals surface area contributed by atoms with Crippen LogP contribution in [0.5, 0.6) is 16.7 Å². The third kappa shape index (κ3) is 2.29. The lowest BCUT2D eigenvalue weighted by atomic mass is 10.3. The molecular formula is C10H11N3O2S. The highest BCUT2D eigenvalue weighted by Crippen LogP contribution is 2.32. The molecule has 0 unspecified atom stereocenters. The fourth-order valence-electron chi connectivity index (χ4n) is 1.16. The fraction of sp³-hybridized carbons (Fsp3) is 0.200. The van der Waals surface area contributed by atoms with Crippen molar-refractivity contribution in [3.8, 4) is 16.7 Å². The summed E-state index contributed by atoms with van der Waals surface area (Å²) in [6, 6.07) is 7.36. The van der Waals surface area contributed by atoms with Crippen molar-refractivity contribution >= 4 is 11.3 Å². The lowest BCUT2D eigenvalue weighted by Crippen LogP contribution is -1.94. The van der Waals surface area contributed by atoms with Crippen LogP contribution in [-0.4, -0.2) is 17.3 Å². The second-order valence-electron chi connectivity index (χ2n) is 2.92. The summed E-state index contributed by atoms with van der Waals surface area (Å²) in [5.41, 5.74) is 5.44. The Morgan fingerprint density at radius 1 is 1.25 bits per heavy atom. The van der Waals surface area contributed by atoms with E-state index in [2.05, 4.69) is 10.2 Å². The van der Waals surface area contributed by atoms with E-state index in [1.807, 2.05) is 24.3 Å². The summed E-state index contributed by atoms with van der Waals surface area (Å²) in [5, 5.41) is 8.94. The Labute approximate surface area is 96.8 Å². The van der Waals surface area contributed by atoms with Gasteiger partial charge < -0.3 is 15.2 Å². The van der Waals surface area contributed by atoms with Gasteiger partial charge >= 0.3 is 0 Å². The van der Waals surface area contributed by atoms with Gasteiger partial charge in [0, 0.05) is 6.54 Å². The monoisotopic (exact) mass is 237 g/mol. The molecule has 0 fully saturated rings. The van der Waals surface area contributed by atoms with Crippen LogP contribution in [-0.2, 0) is 6.54 Å². The van der Waals surface area contributed by atoms with Crippen molar-refractivity contribution in [2.75, 3.05) is 7.11 Å². The lowest BCUT2D eigenvalue weighted by molar-refractivity contribution is 0.377. The van der Waals surface area contributed by atoms with E-state index in [0.717, 1.165) is 5.01 Å². The SMILES string of the molecule is COc1ccccc1Oc1nnc(CN)s1. The van der Waals surface area contributed by atoms with Crippen LogP contribution in [0.15, 0.2) is 24.3 Å². The van der Waals surface area contributed by atoms with E-state index >= 15 is 0 Å². The number of para-hydroxylation sites is 2. The number of nitrogens with zero attached hydrogens (tertiary/aromatic N) is 2. The summed E-state index contributed by atoms with van der Waals surface area (Å²) in [4.78, 5) is 0. The lowest BCUT2D eigenvalue weighted by Gasteiger charge is -2.06. The van der Waals surface area contributed by atoms with Crippen molar-refractivity contribution in [3.63, 3.8) is 0 Å². The quantitative estimate of drug-likeness (QED) is 0.878. The molecule has 0 aliphatic heterocycles. The van der Waals surface area contributed by atoms with Crippen LogP contribution in [0.1, 0.15) is 5.01 Å². The summed E-state index contributed by atoms with van der Waals surface area (Å²) in [6.45, 7) is 0.368. The van der Waals surface area contributed by atoms with Crippen LogP contribution in [0, 0.1) is 0 Å². The van der Waals surface area contributed by atoms with Gasteiger partial charge in [-0.25, -0.2) is 0 Å². The number of benzene rings is 1. The standard InChI is InChI=1S/C10H11N3O2S/c1-14-7-4-2-3-5-8(7)15-10-13-12-9(6-11)16-10/h2-5H,6,11H2,1H3. The first-order valence-corrected chi connectivity index (χ1v) is 5.48. The molecule has 0 bridgehead atoms. The second-order valence-corrected chi connectivity index (χ2v) is 3.94. The van der Waals surface area contributed by atoms with Crippen molar-refractivity contribution in [1.82, 2.24) is 10.2 Å². The third-order valence-electron chi connectivity index (χ3n) is 1.89. The zero-order valence-corrected chi connectivity index (χ0v) is 9.53. The van der Waals surface area contributed by atoms with Gasteiger partial charge in [0.1, 0.15) is 5.01 Å². The summed E-state index contributed by atoms with van der Waals surface area (Å²) in [5.74, 6) is 1.27. The maximum atomic E-state index is 5.55. The molecule has 2 aromatic rings. The van der Waals surface area contributed by atoms with E-state index in [1.165, 1.54) is 11.3 Å². The van der Waals surface area contributed by atoms with Crippen molar-refractivity contribution in [2.45, 2.75) is 6.54 Å². The predicted octanol–water partition coefficient (Wildman–Crippen LogP) is 1.80. The second kappa shape index (κ2) is 4.91. The molecule has 1 heterocycles. The van der Waals surface area contributed by atoms with Crippen LogP contribution in [0.2, 0.25) is 0 Å². The largest absolute Gasteiger partial charge is 0.493 e. The highest BCUT2D eigenvalue weighted by atomic mass is 32.1. The molecule has 2 N–H and O–H groups in total. The van der Waals surface area contributed by atoms with Crippen LogP contribution in [0.4, 0.5) is 0 Å². The first kappa shape index (κ1) is 10.8. The normalized spacial score (nSPS) is 10.1. The molecule has 0 aliphatic carbocycles. The van der Waals surface area contributed by atoms with Gasteiger partial charge in [-0.3, -0.25) is 0 Å². The van der Waals surface area contributed by atoms with E-state index in [9.17, 15) is 0 Å². The van der Waals surface area contributed by atoms with Crippen LogP contribution in [0.3, 0.4) is 0 Å². The smallest absolute Gasteiger partial charge is 0.299 e. The number of rotatable bonds is 4. The van der Waals surface area contributed by atoms with Crippen molar-refractivity contribution in [2.24, 2.45) is 5.73 Å². The van der Waals surface area contributed by atoms with E-state index in [0.29, 0.717) is 23.2 Å². The van der Waals surface area contributed by atoms with E-state index in [4.69, 9.17) is 15.2 Å². The van der Waals surface area contributed by atoms with Gasteiger partial charge in [0.15, 0.2) is 11.5 Å². The fourth-order valence-corrected chi connectivity index (χ4v) is 1.74. The van der Waals surface area contributed by atoms with E-state index in [1.54, 1.807) is 7.11 Å². The van der Waals surface area contributed by atoms with E-state index in [-0.39, 0.29) is 0 Å². The maximum Gasteiger partial charge on any atom is 0.299 e. The van der Waals surface area contributed by atoms with Gasteiger partial charge in [-0.2, -0.15) is 0 Å². The number of aromatic nitrogens is 2. The molecular weight excluding hydrogens is 226 g/mol. The van der Waals surface area contributed by atoms with Crippen molar-refractivity contribution in [3.05, 3.63) is 29.3 Å². The first-order chi connectivity index (χ1) is 7.83. The number of hydrogen-bond donors (Lipinski definition) is 1. The molecule has 0 spiro atoms.